The van der Waals surface area contributed by atoms with Crippen molar-refractivity contribution in [3.8, 4) is 0 Å². The number of rotatable bonds is 7. The summed E-state index contributed by atoms with van der Waals surface area (Å²) < 4.78 is 0. The van der Waals surface area contributed by atoms with E-state index in [2.05, 4.69) is 31.0 Å². The summed E-state index contributed by atoms with van der Waals surface area (Å²) in [7, 11) is 0. The SMILES string of the molecule is CCCN(CC(=O)NC(C)C)C(C)(C)CN. The Labute approximate surface area is 99.6 Å². The first kappa shape index (κ1) is 15.4. The van der Waals surface area contributed by atoms with Crippen LogP contribution in [0.15, 0.2) is 0 Å². The molecule has 0 spiro atoms. The molecule has 4 heteroatoms. The minimum atomic E-state index is -0.121. The zero-order chi connectivity index (χ0) is 12.8. The van der Waals surface area contributed by atoms with Crippen molar-refractivity contribution in [3.05, 3.63) is 0 Å². The highest BCUT2D eigenvalue weighted by molar-refractivity contribution is 5.78. The summed E-state index contributed by atoms with van der Waals surface area (Å²) in [6, 6.07) is 0.192. The van der Waals surface area contributed by atoms with Crippen molar-refractivity contribution in [1.82, 2.24) is 10.2 Å². The van der Waals surface area contributed by atoms with Crippen LogP contribution < -0.4 is 11.1 Å². The summed E-state index contributed by atoms with van der Waals surface area (Å²) in [6.45, 7) is 12.1. The largest absolute Gasteiger partial charge is 0.353 e. The summed E-state index contributed by atoms with van der Waals surface area (Å²) in [5.74, 6) is 0.0741. The molecule has 16 heavy (non-hydrogen) atoms. The predicted molar refractivity (Wildman–Crippen MR) is 68.3 cm³/mol. The third-order valence-corrected chi connectivity index (χ3v) is 2.63. The molecule has 0 fully saturated rings. The van der Waals surface area contributed by atoms with Crippen molar-refractivity contribution in [2.75, 3.05) is 19.6 Å². The van der Waals surface area contributed by atoms with Gasteiger partial charge in [0.15, 0.2) is 0 Å². The zero-order valence-electron chi connectivity index (χ0n) is 11.3. The van der Waals surface area contributed by atoms with Gasteiger partial charge in [0, 0.05) is 18.1 Å². The normalized spacial score (nSPS) is 12.2. The molecule has 0 aliphatic carbocycles. The van der Waals surface area contributed by atoms with Crippen LogP contribution in [0, 0.1) is 0 Å². The third-order valence-electron chi connectivity index (χ3n) is 2.63. The van der Waals surface area contributed by atoms with Gasteiger partial charge in [-0.25, -0.2) is 0 Å². The Bertz CT molecular complexity index is 214. The lowest BCUT2D eigenvalue weighted by Gasteiger charge is -2.37. The molecule has 4 nitrogen and oxygen atoms in total. The lowest BCUT2D eigenvalue weighted by atomic mass is 10.0. The monoisotopic (exact) mass is 229 g/mol. The van der Waals surface area contributed by atoms with Gasteiger partial charge in [-0.15, -0.1) is 0 Å². The molecular formula is C12H27N3O. The smallest absolute Gasteiger partial charge is 0.234 e. The van der Waals surface area contributed by atoms with E-state index in [9.17, 15) is 4.79 Å². The van der Waals surface area contributed by atoms with E-state index < -0.39 is 0 Å². The molecule has 0 atom stereocenters. The van der Waals surface area contributed by atoms with Crippen LogP contribution in [0.5, 0.6) is 0 Å². The number of carbonyl (C=O) groups is 1. The fourth-order valence-electron chi connectivity index (χ4n) is 1.54. The second-order valence-electron chi connectivity index (χ2n) is 5.16. The first-order valence-electron chi connectivity index (χ1n) is 6.08. The van der Waals surface area contributed by atoms with Gasteiger partial charge in [0.2, 0.25) is 5.91 Å². The quantitative estimate of drug-likeness (QED) is 0.683. The van der Waals surface area contributed by atoms with Crippen molar-refractivity contribution in [3.63, 3.8) is 0 Å². The lowest BCUT2D eigenvalue weighted by Crippen LogP contribution is -2.53. The van der Waals surface area contributed by atoms with Gasteiger partial charge in [0.05, 0.1) is 6.54 Å². The van der Waals surface area contributed by atoms with E-state index in [4.69, 9.17) is 5.73 Å². The van der Waals surface area contributed by atoms with Gasteiger partial charge in [-0.05, 0) is 40.7 Å². The van der Waals surface area contributed by atoms with E-state index in [0.717, 1.165) is 13.0 Å². The Kier molecular flexibility index (Phi) is 6.60. The predicted octanol–water partition coefficient (Wildman–Crippen LogP) is 0.960. The Morgan fingerprint density at radius 2 is 2.00 bits per heavy atom. The second-order valence-corrected chi connectivity index (χ2v) is 5.16. The lowest BCUT2D eigenvalue weighted by molar-refractivity contribution is -0.124. The van der Waals surface area contributed by atoms with E-state index >= 15 is 0 Å². The van der Waals surface area contributed by atoms with E-state index in [0.29, 0.717) is 13.1 Å². The molecule has 0 bridgehead atoms. The number of nitrogens with two attached hydrogens (primary N) is 1. The molecule has 0 saturated carbocycles. The number of nitrogens with one attached hydrogen (secondary N) is 1. The highest BCUT2D eigenvalue weighted by Gasteiger charge is 2.26. The molecule has 0 rings (SSSR count). The second kappa shape index (κ2) is 6.86. The molecule has 3 N–H and O–H groups in total. The third kappa shape index (κ3) is 5.47. The maximum Gasteiger partial charge on any atom is 0.234 e. The molecule has 96 valence electrons. The van der Waals surface area contributed by atoms with Crippen molar-refractivity contribution < 1.29 is 4.79 Å². The molecule has 0 aliphatic rings. The van der Waals surface area contributed by atoms with Crippen LogP contribution in [0.2, 0.25) is 0 Å². The molecule has 0 aromatic rings. The van der Waals surface area contributed by atoms with E-state index in [1.54, 1.807) is 0 Å². The van der Waals surface area contributed by atoms with Crippen LogP contribution in [-0.2, 0) is 4.79 Å². The maximum absolute atomic E-state index is 11.7. The molecule has 0 radical (unpaired) electrons. The van der Waals surface area contributed by atoms with Gasteiger partial charge in [-0.1, -0.05) is 6.92 Å². The van der Waals surface area contributed by atoms with Gasteiger partial charge in [0.25, 0.3) is 0 Å². The Morgan fingerprint density at radius 3 is 2.38 bits per heavy atom. The zero-order valence-corrected chi connectivity index (χ0v) is 11.3. The average Bonchev–Trinajstić information content (AvgIpc) is 2.16. The summed E-state index contributed by atoms with van der Waals surface area (Å²) in [5.41, 5.74) is 5.62. The van der Waals surface area contributed by atoms with E-state index in [1.807, 2.05) is 13.8 Å². The van der Waals surface area contributed by atoms with Crippen LogP contribution in [-0.4, -0.2) is 42.0 Å². The summed E-state index contributed by atoms with van der Waals surface area (Å²) in [5, 5.41) is 2.91. The summed E-state index contributed by atoms with van der Waals surface area (Å²) in [4.78, 5) is 13.9. The Hall–Kier alpha value is -0.610. The summed E-state index contributed by atoms with van der Waals surface area (Å²) in [6.07, 6.45) is 1.03. The first-order chi connectivity index (χ1) is 7.33. The molecule has 0 heterocycles. The standard InChI is InChI=1S/C12H27N3O/c1-6-7-15(12(4,5)9-13)8-11(16)14-10(2)3/h10H,6-9,13H2,1-5H3,(H,14,16). The average molecular weight is 229 g/mol. The molecule has 0 unspecified atom stereocenters. The first-order valence-corrected chi connectivity index (χ1v) is 6.08. The van der Waals surface area contributed by atoms with Gasteiger partial charge >= 0.3 is 0 Å². The molecule has 0 saturated heterocycles. The van der Waals surface area contributed by atoms with Crippen LogP contribution in [0.3, 0.4) is 0 Å². The van der Waals surface area contributed by atoms with Crippen LogP contribution in [0.4, 0.5) is 0 Å². The van der Waals surface area contributed by atoms with Crippen molar-refractivity contribution in [2.45, 2.75) is 52.6 Å². The number of hydrogen-bond acceptors (Lipinski definition) is 3. The fourth-order valence-corrected chi connectivity index (χ4v) is 1.54. The van der Waals surface area contributed by atoms with Crippen LogP contribution >= 0.6 is 0 Å². The molecule has 1 amide bonds. The molecule has 0 aromatic heterocycles. The van der Waals surface area contributed by atoms with Gasteiger partial charge in [-0.3, -0.25) is 9.69 Å². The van der Waals surface area contributed by atoms with Crippen LogP contribution in [0.25, 0.3) is 0 Å². The minimum absolute atomic E-state index is 0.0741. The topological polar surface area (TPSA) is 58.4 Å². The van der Waals surface area contributed by atoms with E-state index in [1.165, 1.54) is 0 Å². The number of nitrogens with zero attached hydrogens (tertiary/aromatic N) is 1. The van der Waals surface area contributed by atoms with Gasteiger partial charge in [-0.2, -0.15) is 0 Å². The van der Waals surface area contributed by atoms with Gasteiger partial charge in [0.1, 0.15) is 0 Å². The molecule has 0 aromatic carbocycles. The number of amides is 1. The highest BCUT2D eigenvalue weighted by Crippen LogP contribution is 2.12. The summed E-state index contributed by atoms with van der Waals surface area (Å²) >= 11 is 0. The number of carbonyl (C=O) groups excluding carboxylic acids is 1. The van der Waals surface area contributed by atoms with Crippen molar-refractivity contribution >= 4 is 5.91 Å². The fraction of sp³-hybridized carbons (Fsp3) is 0.917. The Morgan fingerprint density at radius 1 is 1.44 bits per heavy atom. The van der Waals surface area contributed by atoms with Gasteiger partial charge < -0.3 is 11.1 Å². The Balaban J connectivity index is 4.39. The highest BCUT2D eigenvalue weighted by atomic mass is 16.2. The maximum atomic E-state index is 11.7. The number of hydrogen-bond donors (Lipinski definition) is 2. The van der Waals surface area contributed by atoms with Crippen molar-refractivity contribution in [2.24, 2.45) is 5.73 Å². The van der Waals surface area contributed by atoms with Crippen molar-refractivity contribution in [1.29, 1.82) is 0 Å². The van der Waals surface area contributed by atoms with E-state index in [-0.39, 0.29) is 17.5 Å². The van der Waals surface area contributed by atoms with Crippen LogP contribution in [0.1, 0.15) is 41.0 Å². The molecular weight excluding hydrogens is 202 g/mol. The minimum Gasteiger partial charge on any atom is -0.353 e. The molecule has 0 aliphatic heterocycles.